The molecule has 8 heteroatoms. The molecule has 0 saturated carbocycles. The molecule has 0 unspecified atom stereocenters. The number of carbonyl (C=O) groups is 1. The molecule has 0 aliphatic heterocycles. The summed E-state index contributed by atoms with van der Waals surface area (Å²) in [5.41, 5.74) is 0.263. The lowest BCUT2D eigenvalue weighted by molar-refractivity contribution is 0.0995. The van der Waals surface area contributed by atoms with Crippen LogP contribution in [-0.2, 0) is 6.54 Å². The van der Waals surface area contributed by atoms with Gasteiger partial charge in [0.05, 0.1) is 0 Å². The van der Waals surface area contributed by atoms with E-state index >= 15 is 0 Å². The third kappa shape index (κ3) is 5.26. The average molecular weight is 391 g/mol. The van der Waals surface area contributed by atoms with Crippen molar-refractivity contribution in [2.24, 2.45) is 16.1 Å². The first-order valence-corrected chi connectivity index (χ1v) is 9.54. The minimum Gasteiger partial charge on any atom is -0.494 e. The number of carbonyl (C=O) groups excluding carboxylic acids is 1. The Morgan fingerprint density at radius 1 is 1.22 bits per heavy atom. The van der Waals surface area contributed by atoms with Crippen LogP contribution in [-0.4, -0.2) is 32.3 Å². The van der Waals surface area contributed by atoms with E-state index in [-0.39, 0.29) is 22.4 Å². The van der Waals surface area contributed by atoms with E-state index in [1.807, 2.05) is 6.92 Å². The topological polar surface area (TPSA) is 99.2 Å². The molecule has 0 fully saturated rings. The number of benzene rings is 1. The molecule has 1 aromatic heterocycles. The van der Waals surface area contributed by atoms with Crippen molar-refractivity contribution >= 4 is 34.0 Å². The van der Waals surface area contributed by atoms with Crippen molar-refractivity contribution in [1.29, 1.82) is 0 Å². The fourth-order valence-corrected chi connectivity index (χ4v) is 2.77. The number of unbranched alkanes of at least 4 members (excludes halogenated alkanes) is 1. The Morgan fingerprint density at radius 3 is 2.59 bits per heavy atom. The molecule has 27 heavy (non-hydrogen) atoms. The summed E-state index contributed by atoms with van der Waals surface area (Å²) in [6.07, 6.45) is 2.70. The van der Waals surface area contributed by atoms with Gasteiger partial charge in [-0.05, 0) is 49.2 Å². The van der Waals surface area contributed by atoms with Gasteiger partial charge in [-0.3, -0.25) is 9.36 Å². The second-order valence-corrected chi connectivity index (χ2v) is 7.22. The summed E-state index contributed by atoms with van der Waals surface area (Å²) >= 11 is 5.03. The van der Waals surface area contributed by atoms with Gasteiger partial charge in [-0.1, -0.05) is 27.2 Å². The molecule has 0 aliphatic rings. The smallest absolute Gasteiger partial charge is 0.295 e. The average Bonchev–Trinajstić information content (AvgIpc) is 2.87. The van der Waals surface area contributed by atoms with E-state index in [1.54, 1.807) is 12.1 Å². The van der Waals surface area contributed by atoms with E-state index in [1.165, 1.54) is 10.6 Å². The number of nitrogens with zero attached hydrogens (tertiary/aromatic N) is 3. The number of rotatable bonds is 7. The Hall–Kier alpha value is -2.48. The van der Waals surface area contributed by atoms with Crippen LogP contribution in [0.2, 0.25) is 0 Å². The number of azo groups is 1. The predicted molar refractivity (Wildman–Crippen MR) is 109 cm³/mol. The van der Waals surface area contributed by atoms with Crippen molar-refractivity contribution in [3.05, 3.63) is 23.8 Å². The lowest BCUT2D eigenvalue weighted by Gasteiger charge is -2.05. The molecule has 0 radical (unpaired) electrons. The fourth-order valence-electron chi connectivity index (χ4n) is 2.63. The van der Waals surface area contributed by atoms with E-state index in [0.29, 0.717) is 29.8 Å². The standard InChI is InChI=1S/C19H26N4O3S/c1-4-5-10-23-17(25)14-7-6-13(11-15(14)18(23)26)16(24)21-22-19(27)20-9-8-12(2)3/h6-7,11-12,25-26H,4-5,8-10H2,1-3H3,(H,20,27). The highest BCUT2D eigenvalue weighted by Gasteiger charge is 2.17. The number of aromatic hydroxyl groups is 2. The van der Waals surface area contributed by atoms with Crippen molar-refractivity contribution in [1.82, 2.24) is 9.88 Å². The lowest BCUT2D eigenvalue weighted by atomic mass is 10.1. The van der Waals surface area contributed by atoms with Crippen molar-refractivity contribution in [3.8, 4) is 11.8 Å². The molecular formula is C19H26N4O3S. The van der Waals surface area contributed by atoms with Crippen LogP contribution in [0, 0.1) is 5.92 Å². The Balaban J connectivity index is 2.14. The summed E-state index contributed by atoms with van der Waals surface area (Å²) in [6.45, 7) is 7.42. The van der Waals surface area contributed by atoms with Gasteiger partial charge in [0.25, 0.3) is 5.91 Å². The SMILES string of the molecule is CCCCn1c(O)c2ccc(C(=O)N=NC(=S)NCCC(C)C)cc2c1O. The zero-order valence-corrected chi connectivity index (χ0v) is 16.7. The number of aromatic nitrogens is 1. The van der Waals surface area contributed by atoms with Crippen LogP contribution in [0.15, 0.2) is 28.4 Å². The summed E-state index contributed by atoms with van der Waals surface area (Å²) < 4.78 is 1.44. The molecule has 0 spiro atoms. The van der Waals surface area contributed by atoms with Crippen LogP contribution < -0.4 is 5.32 Å². The van der Waals surface area contributed by atoms with Crippen LogP contribution in [0.3, 0.4) is 0 Å². The summed E-state index contributed by atoms with van der Waals surface area (Å²) in [4.78, 5) is 12.3. The molecule has 0 bridgehead atoms. The minimum absolute atomic E-state index is 0.00731. The first-order chi connectivity index (χ1) is 12.8. The molecular weight excluding hydrogens is 364 g/mol. The van der Waals surface area contributed by atoms with Crippen LogP contribution in [0.25, 0.3) is 10.8 Å². The largest absolute Gasteiger partial charge is 0.494 e. The van der Waals surface area contributed by atoms with Crippen molar-refractivity contribution in [2.45, 2.75) is 46.6 Å². The zero-order valence-electron chi connectivity index (χ0n) is 15.9. The third-order valence-electron chi connectivity index (χ3n) is 4.22. The van der Waals surface area contributed by atoms with Crippen molar-refractivity contribution in [2.75, 3.05) is 6.54 Å². The van der Waals surface area contributed by atoms with Gasteiger partial charge < -0.3 is 15.5 Å². The second-order valence-electron chi connectivity index (χ2n) is 6.83. The maximum Gasteiger partial charge on any atom is 0.295 e. The number of nitrogens with one attached hydrogen (secondary N) is 1. The molecule has 2 rings (SSSR count). The van der Waals surface area contributed by atoms with Crippen molar-refractivity contribution in [3.63, 3.8) is 0 Å². The van der Waals surface area contributed by atoms with E-state index in [0.717, 1.165) is 19.3 Å². The number of thiocarbonyl (C=S) groups is 1. The van der Waals surface area contributed by atoms with Gasteiger partial charge in [-0.2, -0.15) is 0 Å². The molecule has 1 heterocycles. The third-order valence-corrected chi connectivity index (χ3v) is 4.45. The Kier molecular flexibility index (Phi) is 7.29. The van der Waals surface area contributed by atoms with Crippen LogP contribution in [0.1, 0.15) is 50.4 Å². The Morgan fingerprint density at radius 2 is 1.93 bits per heavy atom. The normalized spacial score (nSPS) is 11.6. The molecule has 0 atom stereocenters. The molecule has 146 valence electrons. The highest BCUT2D eigenvalue weighted by molar-refractivity contribution is 7.80. The van der Waals surface area contributed by atoms with Gasteiger partial charge in [0.15, 0.2) is 0 Å². The molecule has 1 amide bonds. The highest BCUT2D eigenvalue weighted by Crippen LogP contribution is 2.37. The zero-order chi connectivity index (χ0) is 20.0. The van der Waals surface area contributed by atoms with Gasteiger partial charge in [0.2, 0.25) is 16.9 Å². The summed E-state index contributed by atoms with van der Waals surface area (Å²) in [7, 11) is 0. The molecule has 3 N–H and O–H groups in total. The molecule has 1 aromatic carbocycles. The van der Waals surface area contributed by atoms with E-state index in [4.69, 9.17) is 12.2 Å². The number of fused-ring (bicyclic) bond motifs is 1. The highest BCUT2D eigenvalue weighted by atomic mass is 32.1. The van der Waals surface area contributed by atoms with Gasteiger partial charge >= 0.3 is 0 Å². The van der Waals surface area contributed by atoms with E-state index in [9.17, 15) is 15.0 Å². The van der Waals surface area contributed by atoms with E-state index in [2.05, 4.69) is 29.4 Å². The van der Waals surface area contributed by atoms with Gasteiger partial charge in [-0.25, -0.2) is 0 Å². The van der Waals surface area contributed by atoms with Gasteiger partial charge in [-0.15, -0.1) is 10.2 Å². The molecule has 0 aliphatic carbocycles. The molecule has 2 aromatic rings. The first-order valence-electron chi connectivity index (χ1n) is 9.13. The van der Waals surface area contributed by atoms with Crippen LogP contribution in [0.4, 0.5) is 0 Å². The minimum atomic E-state index is -0.565. The number of hydrogen-bond acceptors (Lipinski definition) is 4. The monoisotopic (exact) mass is 390 g/mol. The molecule has 0 saturated heterocycles. The summed E-state index contributed by atoms with van der Waals surface area (Å²) in [6, 6.07) is 4.64. The Labute approximate surface area is 164 Å². The second kappa shape index (κ2) is 9.45. The first kappa shape index (κ1) is 20.8. The molecule has 7 nitrogen and oxygen atoms in total. The summed E-state index contributed by atoms with van der Waals surface area (Å²) in [5.74, 6) is -0.0926. The summed E-state index contributed by atoms with van der Waals surface area (Å²) in [5, 5.41) is 32.0. The fraction of sp³-hybridized carbons (Fsp3) is 0.474. The Bertz CT molecular complexity index is 858. The van der Waals surface area contributed by atoms with Gasteiger partial charge in [0.1, 0.15) is 0 Å². The van der Waals surface area contributed by atoms with Crippen LogP contribution in [0.5, 0.6) is 11.8 Å². The maximum absolute atomic E-state index is 12.3. The lowest BCUT2D eigenvalue weighted by Crippen LogP contribution is -2.21. The number of amides is 1. The quantitative estimate of drug-likeness (QED) is 0.482. The predicted octanol–water partition coefficient (Wildman–Crippen LogP) is 4.37. The van der Waals surface area contributed by atoms with Crippen LogP contribution >= 0.6 is 12.2 Å². The maximum atomic E-state index is 12.3. The van der Waals surface area contributed by atoms with Gasteiger partial charge in [0, 0.05) is 29.4 Å². The van der Waals surface area contributed by atoms with E-state index < -0.39 is 5.91 Å². The van der Waals surface area contributed by atoms with Crippen molar-refractivity contribution < 1.29 is 15.0 Å². The number of hydrogen-bond donors (Lipinski definition) is 3.